The van der Waals surface area contributed by atoms with Gasteiger partial charge in [-0.3, -0.25) is 19.2 Å². The first-order valence-corrected chi connectivity index (χ1v) is 15.6. The zero-order chi connectivity index (χ0) is 34.4. The molecule has 0 aliphatic heterocycles. The Labute approximate surface area is 284 Å². The molecule has 4 rings (SSSR count). The lowest BCUT2D eigenvalue weighted by atomic mass is 9.93. The second-order valence-corrected chi connectivity index (χ2v) is 12.3. The van der Waals surface area contributed by atoms with Crippen LogP contribution in [0.15, 0.2) is 53.5 Å². The average Bonchev–Trinajstić information content (AvgIpc) is 3.51. The van der Waals surface area contributed by atoms with Crippen LogP contribution in [0.4, 0.5) is 11.4 Å². The van der Waals surface area contributed by atoms with Crippen LogP contribution in [0.5, 0.6) is 0 Å². The summed E-state index contributed by atoms with van der Waals surface area (Å²) in [4.78, 5) is 14.9. The number of aliphatic imine (C=N–C) groups is 1. The third-order valence-electron chi connectivity index (χ3n) is 7.47. The molecule has 4 aromatic rings. The minimum absolute atomic E-state index is 0. The number of carbonyl (C=O) groups is 1. The van der Waals surface area contributed by atoms with Crippen molar-refractivity contribution in [2.24, 2.45) is 19.1 Å². The molecule has 262 valence electrons. The van der Waals surface area contributed by atoms with E-state index in [4.69, 9.17) is 15.8 Å². The number of hydrogen-bond donors (Lipinski definition) is 2. The van der Waals surface area contributed by atoms with Crippen molar-refractivity contribution >= 4 is 23.9 Å². The molecule has 0 bridgehead atoms. The van der Waals surface area contributed by atoms with Crippen molar-refractivity contribution in [1.29, 1.82) is 0 Å². The summed E-state index contributed by atoms with van der Waals surface area (Å²) in [5, 5.41) is 15.3. The minimum Gasteiger partial charge on any atom is -0.412 e. The third-order valence-corrected chi connectivity index (χ3v) is 7.47. The van der Waals surface area contributed by atoms with Crippen LogP contribution in [-0.2, 0) is 14.1 Å². The summed E-state index contributed by atoms with van der Waals surface area (Å²) < 4.78 is 3.54. The van der Waals surface area contributed by atoms with Crippen LogP contribution in [0.3, 0.4) is 0 Å². The van der Waals surface area contributed by atoms with Gasteiger partial charge in [-0.25, -0.2) is 0 Å². The maximum absolute atomic E-state index is 10.1. The Bertz CT molecular complexity index is 1420. The smallest absolute Gasteiger partial charge is 0.170 e. The Balaban J connectivity index is 0. The second-order valence-electron chi connectivity index (χ2n) is 12.3. The van der Waals surface area contributed by atoms with Gasteiger partial charge in [0, 0.05) is 38.3 Å². The SMILES string of the molecule is C.CC(C)c1cccc(C(C)C)c1N.CO.Cc1cc(C=Nc2c(C(C)C)cccc2C(C)C)nn1C.Cc1cc(C=O)nn1C.O. The Hall–Kier alpha value is -4.08. The van der Waals surface area contributed by atoms with Crippen LogP contribution < -0.4 is 5.73 Å². The van der Waals surface area contributed by atoms with Crippen molar-refractivity contribution in [1.82, 2.24) is 19.6 Å². The van der Waals surface area contributed by atoms with E-state index in [2.05, 4.69) is 108 Å². The van der Waals surface area contributed by atoms with Gasteiger partial charge in [0.2, 0.25) is 0 Å². The van der Waals surface area contributed by atoms with Crippen molar-refractivity contribution in [3.63, 3.8) is 0 Å². The summed E-state index contributed by atoms with van der Waals surface area (Å²) in [6, 6.07) is 16.6. The summed E-state index contributed by atoms with van der Waals surface area (Å²) in [5.41, 5.74) is 16.8. The highest BCUT2D eigenvalue weighted by molar-refractivity contribution is 5.81. The number of para-hydroxylation sites is 2. The van der Waals surface area contributed by atoms with Gasteiger partial charge in [-0.1, -0.05) is 99.2 Å². The second kappa shape index (κ2) is 21.7. The molecule has 2 aromatic carbocycles. The van der Waals surface area contributed by atoms with E-state index in [9.17, 15) is 4.79 Å². The molecule has 0 fully saturated rings. The summed E-state index contributed by atoms with van der Waals surface area (Å²) in [6.45, 7) is 21.5. The predicted molar refractivity (Wildman–Crippen MR) is 201 cm³/mol. The number of benzene rings is 2. The molecule has 47 heavy (non-hydrogen) atoms. The Morgan fingerprint density at radius 1 is 0.702 bits per heavy atom. The number of aldehydes is 1. The van der Waals surface area contributed by atoms with Crippen LogP contribution in [0.25, 0.3) is 0 Å². The zero-order valence-corrected chi connectivity index (χ0v) is 30.3. The number of hydrogen-bond acceptors (Lipinski definition) is 6. The number of aromatic nitrogens is 4. The average molecular weight is 651 g/mol. The van der Waals surface area contributed by atoms with Crippen molar-refractivity contribution < 1.29 is 15.4 Å². The molecule has 0 atom stereocenters. The Morgan fingerprint density at radius 2 is 1.04 bits per heavy atom. The lowest BCUT2D eigenvalue weighted by molar-refractivity contribution is 0.111. The molecule has 5 N–H and O–H groups in total. The molecular formula is C38H62N6O3. The summed E-state index contributed by atoms with van der Waals surface area (Å²) in [6.07, 6.45) is 2.62. The topological polar surface area (TPSA) is 143 Å². The van der Waals surface area contributed by atoms with Gasteiger partial charge in [0.25, 0.3) is 0 Å². The number of nitrogens with zero attached hydrogens (tertiary/aromatic N) is 5. The van der Waals surface area contributed by atoms with Crippen molar-refractivity contribution in [3.05, 3.63) is 93.6 Å². The third kappa shape index (κ3) is 13.3. The van der Waals surface area contributed by atoms with E-state index in [0.717, 1.165) is 41.9 Å². The summed E-state index contributed by atoms with van der Waals surface area (Å²) in [7, 11) is 4.76. The highest BCUT2D eigenvalue weighted by Crippen LogP contribution is 2.34. The fraction of sp³-hybridized carbons (Fsp3) is 0.474. The van der Waals surface area contributed by atoms with Gasteiger partial charge in [-0.05, 0) is 71.9 Å². The van der Waals surface area contributed by atoms with Crippen LogP contribution >= 0.6 is 0 Å². The maximum Gasteiger partial charge on any atom is 0.170 e. The Kier molecular flexibility index (Phi) is 20.8. The van der Waals surface area contributed by atoms with Crippen LogP contribution in [0.2, 0.25) is 0 Å². The molecule has 2 aromatic heterocycles. The highest BCUT2D eigenvalue weighted by Gasteiger charge is 2.13. The number of rotatable bonds is 7. The number of carbonyl (C=O) groups excluding carboxylic acids is 1. The monoisotopic (exact) mass is 650 g/mol. The minimum atomic E-state index is 0. The number of aryl methyl sites for hydroxylation is 4. The molecule has 0 spiro atoms. The van der Waals surface area contributed by atoms with Crippen molar-refractivity contribution in [2.75, 3.05) is 12.8 Å². The fourth-order valence-corrected chi connectivity index (χ4v) is 4.70. The molecule has 0 radical (unpaired) electrons. The molecule has 0 saturated carbocycles. The fourth-order valence-electron chi connectivity index (χ4n) is 4.70. The molecule has 0 aliphatic rings. The van der Waals surface area contributed by atoms with Gasteiger partial charge in [0.1, 0.15) is 11.4 Å². The summed E-state index contributed by atoms with van der Waals surface area (Å²) in [5.74, 6) is 1.94. The van der Waals surface area contributed by atoms with E-state index in [0.29, 0.717) is 29.4 Å². The molecule has 0 unspecified atom stereocenters. The normalized spacial score (nSPS) is 10.4. The van der Waals surface area contributed by atoms with Gasteiger partial charge in [-0.2, -0.15) is 10.2 Å². The quantitative estimate of drug-likeness (QED) is 0.118. The lowest BCUT2D eigenvalue weighted by Gasteiger charge is -2.16. The van der Waals surface area contributed by atoms with Gasteiger partial charge in [0.15, 0.2) is 6.29 Å². The molecular weight excluding hydrogens is 588 g/mol. The lowest BCUT2D eigenvalue weighted by Crippen LogP contribution is -2.02. The molecule has 2 heterocycles. The number of aliphatic hydroxyl groups is 1. The number of nitrogens with two attached hydrogens (primary N) is 1. The van der Waals surface area contributed by atoms with E-state index >= 15 is 0 Å². The first-order chi connectivity index (χ1) is 21.2. The van der Waals surface area contributed by atoms with Crippen molar-refractivity contribution in [2.45, 2.75) is 100 Å². The summed E-state index contributed by atoms with van der Waals surface area (Å²) >= 11 is 0. The Morgan fingerprint density at radius 3 is 1.32 bits per heavy atom. The van der Waals surface area contributed by atoms with Gasteiger partial charge in [0.05, 0.1) is 11.9 Å². The molecule has 9 nitrogen and oxygen atoms in total. The van der Waals surface area contributed by atoms with Crippen LogP contribution in [0.1, 0.15) is 136 Å². The maximum atomic E-state index is 10.1. The van der Waals surface area contributed by atoms with Crippen LogP contribution in [-0.4, -0.2) is 49.8 Å². The zero-order valence-electron chi connectivity index (χ0n) is 30.3. The van der Waals surface area contributed by atoms with Gasteiger partial charge >= 0.3 is 0 Å². The predicted octanol–water partition coefficient (Wildman–Crippen LogP) is 8.20. The first kappa shape index (κ1) is 45.0. The number of anilines is 1. The number of aliphatic hydroxyl groups excluding tert-OH is 1. The van der Waals surface area contributed by atoms with E-state index in [-0.39, 0.29) is 12.9 Å². The first-order valence-electron chi connectivity index (χ1n) is 15.6. The van der Waals surface area contributed by atoms with Crippen LogP contribution in [0, 0.1) is 13.8 Å². The van der Waals surface area contributed by atoms with E-state index in [1.54, 1.807) is 10.7 Å². The van der Waals surface area contributed by atoms with E-state index < -0.39 is 0 Å². The molecule has 0 aliphatic carbocycles. The van der Waals surface area contributed by atoms with Gasteiger partial charge < -0.3 is 16.3 Å². The van der Waals surface area contributed by atoms with E-state index in [1.165, 1.54) is 22.3 Å². The van der Waals surface area contributed by atoms with E-state index in [1.807, 2.05) is 38.8 Å². The standard InChI is InChI=1S/C18H25N3.C12H19N.C6H8N2O.CH4O.CH4.H2O/c1-12(2)16-8-7-9-17(13(3)4)18(16)19-11-15-10-14(5)21(6)20-15;1-8(2)10-6-5-7-11(9(3)4)12(10)13;1-5-3-6(4-9)7-8(5)2;1-2;;/h7-13H,1-6H3;5-9H,13H2,1-4H3;3-4H,1-2H3;2H,1H3;1H4;1H2. The largest absolute Gasteiger partial charge is 0.412 e. The van der Waals surface area contributed by atoms with Crippen molar-refractivity contribution in [3.8, 4) is 0 Å². The molecule has 0 saturated heterocycles. The highest BCUT2D eigenvalue weighted by atomic mass is 16.2. The number of nitrogen functional groups attached to an aromatic ring is 1. The molecule has 9 heteroatoms. The van der Waals surface area contributed by atoms with Gasteiger partial charge in [-0.15, -0.1) is 0 Å². The molecule has 0 amide bonds.